The SMILES string of the molecule is CCCCC(NCCc1nc(C)cs1)c1ccc(F)cc1. The Kier molecular flexibility index (Phi) is 6.33. The van der Waals surface area contributed by atoms with Gasteiger partial charge in [0.15, 0.2) is 0 Å². The lowest BCUT2D eigenvalue weighted by molar-refractivity contribution is 0.483. The summed E-state index contributed by atoms with van der Waals surface area (Å²) >= 11 is 1.72. The number of benzene rings is 1. The lowest BCUT2D eigenvalue weighted by Crippen LogP contribution is -2.23. The molecule has 0 bridgehead atoms. The van der Waals surface area contributed by atoms with Crippen LogP contribution in [0.3, 0.4) is 0 Å². The standard InChI is InChI=1S/C17H23FN2S/c1-3-4-5-16(14-6-8-15(18)9-7-14)19-11-10-17-20-13(2)12-21-17/h6-9,12,16,19H,3-5,10-11H2,1-2H3. The number of halogens is 1. The zero-order chi connectivity index (χ0) is 15.1. The number of nitrogens with one attached hydrogen (secondary N) is 1. The molecule has 1 N–H and O–H groups in total. The van der Waals surface area contributed by atoms with Crippen LogP contribution in [0.4, 0.5) is 4.39 Å². The number of aromatic nitrogens is 1. The van der Waals surface area contributed by atoms with Gasteiger partial charge in [-0.2, -0.15) is 0 Å². The molecule has 21 heavy (non-hydrogen) atoms. The summed E-state index contributed by atoms with van der Waals surface area (Å²) < 4.78 is 13.1. The number of rotatable bonds is 8. The molecule has 1 atom stereocenters. The molecule has 0 amide bonds. The number of hydrogen-bond acceptors (Lipinski definition) is 3. The quantitative estimate of drug-likeness (QED) is 0.767. The van der Waals surface area contributed by atoms with E-state index in [0.29, 0.717) is 6.04 Å². The maximum absolute atomic E-state index is 13.1. The molecule has 0 aliphatic rings. The summed E-state index contributed by atoms with van der Waals surface area (Å²) in [5.74, 6) is -0.175. The summed E-state index contributed by atoms with van der Waals surface area (Å²) in [6.07, 6.45) is 4.37. The zero-order valence-corrected chi connectivity index (χ0v) is 13.5. The number of hydrogen-bond donors (Lipinski definition) is 1. The minimum Gasteiger partial charge on any atom is -0.310 e. The molecule has 0 radical (unpaired) electrons. The highest BCUT2D eigenvalue weighted by atomic mass is 32.1. The fourth-order valence-electron chi connectivity index (χ4n) is 2.36. The number of nitrogens with zero attached hydrogens (tertiary/aromatic N) is 1. The number of unbranched alkanes of at least 4 members (excludes halogenated alkanes) is 1. The van der Waals surface area contributed by atoms with Gasteiger partial charge < -0.3 is 5.32 Å². The summed E-state index contributed by atoms with van der Waals surface area (Å²) in [6, 6.07) is 7.15. The van der Waals surface area contributed by atoms with Crippen LogP contribution in [-0.2, 0) is 6.42 Å². The topological polar surface area (TPSA) is 24.9 Å². The Bertz CT molecular complexity index is 536. The van der Waals surface area contributed by atoms with Crippen molar-refractivity contribution in [2.45, 2.75) is 45.6 Å². The van der Waals surface area contributed by atoms with Gasteiger partial charge in [-0.25, -0.2) is 9.37 Å². The fourth-order valence-corrected chi connectivity index (χ4v) is 3.14. The second-order valence-corrected chi connectivity index (χ2v) is 6.28. The van der Waals surface area contributed by atoms with Crippen LogP contribution in [0.25, 0.3) is 0 Å². The molecular formula is C17H23FN2S. The normalized spacial score (nSPS) is 12.5. The second-order valence-electron chi connectivity index (χ2n) is 5.33. The van der Waals surface area contributed by atoms with Crippen molar-refractivity contribution in [1.29, 1.82) is 0 Å². The first kappa shape index (κ1) is 16.1. The van der Waals surface area contributed by atoms with Crippen LogP contribution in [0, 0.1) is 12.7 Å². The Labute approximate surface area is 130 Å². The largest absolute Gasteiger partial charge is 0.310 e. The second kappa shape index (κ2) is 8.25. The molecule has 2 nitrogen and oxygen atoms in total. The molecule has 0 spiro atoms. The third kappa shape index (κ3) is 5.21. The first-order valence-electron chi connectivity index (χ1n) is 7.59. The average molecular weight is 306 g/mol. The molecule has 0 saturated carbocycles. The summed E-state index contributed by atoms with van der Waals surface area (Å²) in [5, 5.41) is 6.85. The van der Waals surface area contributed by atoms with Crippen LogP contribution in [0.5, 0.6) is 0 Å². The first-order chi connectivity index (χ1) is 10.2. The fraction of sp³-hybridized carbons (Fsp3) is 0.471. The predicted molar refractivity (Wildman–Crippen MR) is 87.2 cm³/mol. The summed E-state index contributed by atoms with van der Waals surface area (Å²) in [4.78, 5) is 4.48. The molecule has 0 aliphatic carbocycles. The lowest BCUT2D eigenvalue weighted by atomic mass is 10.0. The third-order valence-corrected chi connectivity index (χ3v) is 4.54. The van der Waals surface area contributed by atoms with Gasteiger partial charge in [0.25, 0.3) is 0 Å². The smallest absolute Gasteiger partial charge is 0.123 e. The third-order valence-electron chi connectivity index (χ3n) is 3.51. The van der Waals surface area contributed by atoms with Crippen molar-refractivity contribution in [3.8, 4) is 0 Å². The maximum atomic E-state index is 13.1. The van der Waals surface area contributed by atoms with E-state index in [1.807, 2.05) is 19.1 Å². The first-order valence-corrected chi connectivity index (χ1v) is 8.47. The van der Waals surface area contributed by atoms with Crippen LogP contribution in [0.1, 0.15) is 48.5 Å². The van der Waals surface area contributed by atoms with Gasteiger partial charge in [-0.1, -0.05) is 31.9 Å². The van der Waals surface area contributed by atoms with Crippen molar-refractivity contribution >= 4 is 11.3 Å². The van der Waals surface area contributed by atoms with E-state index >= 15 is 0 Å². The molecule has 2 aromatic rings. The van der Waals surface area contributed by atoms with Gasteiger partial charge in [-0.15, -0.1) is 11.3 Å². The van der Waals surface area contributed by atoms with Crippen LogP contribution >= 0.6 is 11.3 Å². The van der Waals surface area contributed by atoms with E-state index in [-0.39, 0.29) is 5.82 Å². The van der Waals surface area contributed by atoms with Gasteiger partial charge in [-0.3, -0.25) is 0 Å². The van der Waals surface area contributed by atoms with Crippen molar-refractivity contribution in [2.75, 3.05) is 6.54 Å². The van der Waals surface area contributed by atoms with Crippen molar-refractivity contribution < 1.29 is 4.39 Å². The highest BCUT2D eigenvalue weighted by Gasteiger charge is 2.11. The maximum Gasteiger partial charge on any atom is 0.123 e. The molecular weight excluding hydrogens is 283 g/mol. The molecule has 2 rings (SSSR count). The Hall–Kier alpha value is -1.26. The van der Waals surface area contributed by atoms with Gasteiger partial charge in [0.1, 0.15) is 5.82 Å². The Balaban J connectivity index is 1.91. The van der Waals surface area contributed by atoms with Gasteiger partial charge in [0.2, 0.25) is 0 Å². The highest BCUT2D eigenvalue weighted by Crippen LogP contribution is 2.20. The predicted octanol–water partition coefficient (Wildman–Crippen LogP) is 4.65. The van der Waals surface area contributed by atoms with Gasteiger partial charge in [-0.05, 0) is 31.0 Å². The van der Waals surface area contributed by atoms with E-state index in [4.69, 9.17) is 0 Å². The van der Waals surface area contributed by atoms with E-state index in [0.717, 1.165) is 25.1 Å². The van der Waals surface area contributed by atoms with Crippen LogP contribution < -0.4 is 5.32 Å². The summed E-state index contributed by atoms with van der Waals surface area (Å²) in [6.45, 7) is 5.12. The molecule has 114 valence electrons. The van der Waals surface area contributed by atoms with Crippen LogP contribution in [0.2, 0.25) is 0 Å². The molecule has 0 saturated heterocycles. The van der Waals surface area contributed by atoms with E-state index in [2.05, 4.69) is 22.6 Å². The van der Waals surface area contributed by atoms with Crippen LogP contribution in [0.15, 0.2) is 29.6 Å². The molecule has 0 fully saturated rings. The molecule has 1 aromatic carbocycles. The number of aryl methyl sites for hydroxylation is 1. The van der Waals surface area contributed by atoms with E-state index in [1.165, 1.54) is 23.4 Å². The number of thiazole rings is 1. The summed E-state index contributed by atoms with van der Waals surface area (Å²) in [7, 11) is 0. The molecule has 1 heterocycles. The lowest BCUT2D eigenvalue weighted by Gasteiger charge is -2.19. The Morgan fingerprint density at radius 2 is 2.05 bits per heavy atom. The van der Waals surface area contributed by atoms with E-state index in [1.54, 1.807) is 23.5 Å². The minimum atomic E-state index is -0.175. The molecule has 4 heteroatoms. The molecule has 1 unspecified atom stereocenters. The van der Waals surface area contributed by atoms with Gasteiger partial charge in [0.05, 0.1) is 5.01 Å². The van der Waals surface area contributed by atoms with Crippen LogP contribution in [-0.4, -0.2) is 11.5 Å². The van der Waals surface area contributed by atoms with Crippen molar-refractivity contribution in [2.24, 2.45) is 0 Å². The average Bonchev–Trinajstić information content (AvgIpc) is 2.89. The van der Waals surface area contributed by atoms with Gasteiger partial charge >= 0.3 is 0 Å². The van der Waals surface area contributed by atoms with Gasteiger partial charge in [0, 0.05) is 30.1 Å². The molecule has 0 aliphatic heterocycles. The van der Waals surface area contributed by atoms with E-state index < -0.39 is 0 Å². The van der Waals surface area contributed by atoms with Crippen molar-refractivity contribution in [3.63, 3.8) is 0 Å². The van der Waals surface area contributed by atoms with E-state index in [9.17, 15) is 4.39 Å². The Morgan fingerprint density at radius 1 is 1.29 bits per heavy atom. The minimum absolute atomic E-state index is 0.175. The summed E-state index contributed by atoms with van der Waals surface area (Å²) in [5.41, 5.74) is 2.26. The zero-order valence-electron chi connectivity index (χ0n) is 12.7. The van der Waals surface area contributed by atoms with Crippen molar-refractivity contribution in [1.82, 2.24) is 10.3 Å². The van der Waals surface area contributed by atoms with Crippen molar-refractivity contribution in [3.05, 3.63) is 51.7 Å². The molecule has 1 aromatic heterocycles. The Morgan fingerprint density at radius 3 is 2.67 bits per heavy atom. The highest BCUT2D eigenvalue weighted by molar-refractivity contribution is 7.09. The monoisotopic (exact) mass is 306 g/mol.